The fourth-order valence-electron chi connectivity index (χ4n) is 5.72. The molecule has 2 aromatic rings. The fourth-order valence-corrected chi connectivity index (χ4v) is 8.57. The van der Waals surface area contributed by atoms with Crippen molar-refractivity contribution in [2.75, 3.05) is 19.0 Å². The molecule has 1 saturated heterocycles. The highest BCUT2D eigenvalue weighted by Crippen LogP contribution is 2.44. The lowest BCUT2D eigenvalue weighted by Crippen LogP contribution is -2.44. The fraction of sp³-hybridized carbons (Fsp3) is 0.444. The van der Waals surface area contributed by atoms with Gasteiger partial charge in [0.2, 0.25) is 0 Å². The zero-order valence-corrected chi connectivity index (χ0v) is 24.0. The first-order valence-electron chi connectivity index (χ1n) is 12.7. The Morgan fingerprint density at radius 2 is 1.83 bits per heavy atom. The third kappa shape index (κ3) is 6.15. The number of sulfone groups is 1. The first kappa shape index (κ1) is 30.6. The maximum atomic E-state index is 14.1. The lowest BCUT2D eigenvalue weighted by molar-refractivity contribution is 0.0428. The topological polar surface area (TPSA) is 119 Å². The Morgan fingerprint density at radius 3 is 2.46 bits per heavy atom. The van der Waals surface area contributed by atoms with Gasteiger partial charge in [-0.05, 0) is 56.2 Å². The molecule has 222 valence electrons. The predicted molar refractivity (Wildman–Crippen MR) is 142 cm³/mol. The maximum absolute atomic E-state index is 14.1. The van der Waals surface area contributed by atoms with Gasteiger partial charge in [-0.1, -0.05) is 24.9 Å². The molecule has 14 heteroatoms. The number of halogens is 4. The van der Waals surface area contributed by atoms with E-state index in [1.807, 2.05) is 0 Å². The number of carbonyl (C=O) groups excluding carboxylic acids is 3. The summed E-state index contributed by atoms with van der Waals surface area (Å²) in [4.78, 5) is 37.6. The molecule has 9 nitrogen and oxygen atoms in total. The summed E-state index contributed by atoms with van der Waals surface area (Å²) < 4.78 is 78.8. The monoisotopic (exact) mass is 616 g/mol. The third-order valence-electron chi connectivity index (χ3n) is 7.50. The largest absolute Gasteiger partial charge is 0.452 e. The number of methoxy groups -OCH3 is 1. The Morgan fingerprint density at radius 1 is 1.17 bits per heavy atom. The normalized spacial score (nSPS) is 24.6. The zero-order chi connectivity index (χ0) is 30.3. The summed E-state index contributed by atoms with van der Waals surface area (Å²) in [6.07, 6.45) is 0.200. The second-order valence-electron chi connectivity index (χ2n) is 10.6. The molecular formula is C27H28ClF3N2O7S. The zero-order valence-electron chi connectivity index (χ0n) is 22.4. The van der Waals surface area contributed by atoms with Crippen molar-refractivity contribution in [3.63, 3.8) is 0 Å². The highest BCUT2D eigenvalue weighted by Gasteiger charge is 2.50. The van der Waals surface area contributed by atoms with Crippen LogP contribution in [-0.4, -0.2) is 55.9 Å². The van der Waals surface area contributed by atoms with Gasteiger partial charge in [0.15, 0.2) is 27.3 Å². The lowest BCUT2D eigenvalue weighted by atomic mass is 9.76. The molecule has 1 heterocycles. The van der Waals surface area contributed by atoms with E-state index in [9.17, 15) is 36.0 Å². The number of ether oxygens (including phenoxy) is 2. The number of hydrogen-bond donors (Lipinski definition) is 1. The molecule has 0 bridgehead atoms. The number of imide groups is 1. The molecule has 2 unspecified atom stereocenters. The first-order valence-corrected chi connectivity index (χ1v) is 14.7. The molecule has 1 saturated carbocycles. The SMILES string of the molecule is COC(=O)N1C[C@@](C)(C[C@@H]2CCCC(C)C2S(=O)(=O)c2cc(C(=O)Nc3cc(F)c(F)c(F)c3)ccc2Cl)OC1=O. The van der Waals surface area contributed by atoms with Crippen LogP contribution in [0.25, 0.3) is 0 Å². The molecule has 2 aromatic carbocycles. The van der Waals surface area contributed by atoms with E-state index in [4.69, 9.17) is 16.3 Å². The van der Waals surface area contributed by atoms with Crippen LogP contribution in [0.3, 0.4) is 0 Å². The summed E-state index contributed by atoms with van der Waals surface area (Å²) in [6.45, 7) is 3.30. The van der Waals surface area contributed by atoms with Gasteiger partial charge in [0, 0.05) is 23.4 Å². The molecule has 1 aliphatic heterocycles. The van der Waals surface area contributed by atoms with Crippen molar-refractivity contribution in [1.82, 2.24) is 4.90 Å². The number of carbonyl (C=O) groups is 3. The van der Waals surface area contributed by atoms with Gasteiger partial charge < -0.3 is 14.8 Å². The molecule has 0 aromatic heterocycles. The highest BCUT2D eigenvalue weighted by molar-refractivity contribution is 7.92. The molecule has 2 fully saturated rings. The number of anilines is 1. The van der Waals surface area contributed by atoms with Crippen LogP contribution in [0.15, 0.2) is 35.2 Å². The van der Waals surface area contributed by atoms with Crippen LogP contribution in [0.5, 0.6) is 0 Å². The highest BCUT2D eigenvalue weighted by atomic mass is 35.5. The van der Waals surface area contributed by atoms with E-state index >= 15 is 0 Å². The average molecular weight is 617 g/mol. The molecule has 2 aliphatic rings. The van der Waals surface area contributed by atoms with E-state index in [-0.39, 0.29) is 40.1 Å². The van der Waals surface area contributed by atoms with Crippen molar-refractivity contribution in [3.05, 3.63) is 58.4 Å². The Hall–Kier alpha value is -3.32. The summed E-state index contributed by atoms with van der Waals surface area (Å²) in [5, 5.41) is 1.13. The number of amides is 3. The second kappa shape index (κ2) is 11.5. The smallest absolute Gasteiger partial charge is 0.420 e. The van der Waals surface area contributed by atoms with Gasteiger partial charge in [0.05, 0.1) is 28.8 Å². The predicted octanol–water partition coefficient (Wildman–Crippen LogP) is 5.96. The van der Waals surface area contributed by atoms with Crippen LogP contribution in [0.2, 0.25) is 5.02 Å². The Balaban J connectivity index is 1.62. The first-order chi connectivity index (χ1) is 19.2. The number of cyclic esters (lactones) is 1. The lowest BCUT2D eigenvalue weighted by Gasteiger charge is -2.39. The van der Waals surface area contributed by atoms with Crippen molar-refractivity contribution in [1.29, 1.82) is 0 Å². The van der Waals surface area contributed by atoms with E-state index < -0.39 is 62.2 Å². The van der Waals surface area contributed by atoms with Gasteiger partial charge in [-0.3, -0.25) is 4.79 Å². The maximum Gasteiger partial charge on any atom is 0.420 e. The summed E-state index contributed by atoms with van der Waals surface area (Å²) in [7, 11) is -3.05. The second-order valence-corrected chi connectivity index (χ2v) is 13.1. The van der Waals surface area contributed by atoms with Crippen LogP contribution < -0.4 is 5.32 Å². The van der Waals surface area contributed by atoms with Crippen molar-refractivity contribution in [2.45, 2.75) is 55.3 Å². The summed E-state index contributed by atoms with van der Waals surface area (Å²) in [5.41, 5.74) is -1.69. The Kier molecular flexibility index (Phi) is 8.60. The van der Waals surface area contributed by atoms with Gasteiger partial charge >= 0.3 is 12.2 Å². The van der Waals surface area contributed by atoms with E-state index in [2.05, 4.69) is 10.1 Å². The van der Waals surface area contributed by atoms with Gasteiger partial charge in [0.25, 0.3) is 5.91 Å². The molecule has 3 amide bonds. The van der Waals surface area contributed by atoms with Gasteiger partial charge in [-0.2, -0.15) is 0 Å². The molecule has 0 radical (unpaired) electrons. The number of benzene rings is 2. The van der Waals surface area contributed by atoms with E-state index in [0.29, 0.717) is 25.0 Å². The Bertz CT molecular complexity index is 1480. The van der Waals surface area contributed by atoms with Crippen LogP contribution in [-0.2, 0) is 19.3 Å². The molecular weight excluding hydrogens is 589 g/mol. The average Bonchev–Trinajstić information content (AvgIpc) is 3.20. The van der Waals surface area contributed by atoms with Crippen LogP contribution >= 0.6 is 11.6 Å². The minimum absolute atomic E-state index is 0.114. The van der Waals surface area contributed by atoms with Crippen molar-refractivity contribution in [2.24, 2.45) is 11.8 Å². The molecule has 0 spiro atoms. The minimum Gasteiger partial charge on any atom is -0.452 e. The number of rotatable bonds is 6. The van der Waals surface area contributed by atoms with E-state index in [0.717, 1.165) is 24.5 Å². The van der Waals surface area contributed by atoms with E-state index in [1.165, 1.54) is 12.1 Å². The van der Waals surface area contributed by atoms with E-state index in [1.54, 1.807) is 13.8 Å². The standard InChI is InChI=1S/C27H28ClF3N2O7S/c1-14-5-4-6-16(12-27(2)13-33(25(35)39-3)26(36)40-27)23(14)41(37,38)21-9-15(7-8-18(21)28)24(34)32-17-10-19(29)22(31)20(30)11-17/h7-11,14,16,23H,4-6,12-13H2,1-3H3,(H,32,34)/t14?,16-,23?,27+/m0/s1. The summed E-state index contributed by atoms with van der Waals surface area (Å²) >= 11 is 6.33. The van der Waals surface area contributed by atoms with Gasteiger partial charge in [-0.15, -0.1) is 0 Å². The van der Waals surface area contributed by atoms with Gasteiger partial charge in [-0.25, -0.2) is 36.1 Å². The summed E-state index contributed by atoms with van der Waals surface area (Å²) in [5.74, 6) is -6.42. The van der Waals surface area contributed by atoms with Crippen molar-refractivity contribution in [3.8, 4) is 0 Å². The van der Waals surface area contributed by atoms with Crippen LogP contribution in [0.1, 0.15) is 49.9 Å². The molecule has 1 N–H and O–H groups in total. The number of nitrogens with zero attached hydrogens (tertiary/aromatic N) is 1. The van der Waals surface area contributed by atoms with Crippen molar-refractivity contribution < 1.29 is 45.4 Å². The molecule has 1 aliphatic carbocycles. The molecule has 41 heavy (non-hydrogen) atoms. The number of hydrogen-bond acceptors (Lipinski definition) is 7. The molecule has 4 atom stereocenters. The van der Waals surface area contributed by atoms with Crippen LogP contribution in [0.4, 0.5) is 28.4 Å². The van der Waals surface area contributed by atoms with Crippen molar-refractivity contribution >= 4 is 45.2 Å². The third-order valence-corrected chi connectivity index (χ3v) is 10.5. The molecule has 4 rings (SSSR count). The summed E-state index contributed by atoms with van der Waals surface area (Å²) in [6, 6.07) is 4.74. The minimum atomic E-state index is -4.18. The Labute approximate surface area is 239 Å². The quantitative estimate of drug-likeness (QED) is 0.398. The number of nitrogens with one attached hydrogen (secondary N) is 1. The van der Waals surface area contributed by atoms with Gasteiger partial charge in [0.1, 0.15) is 5.60 Å². The van der Waals surface area contributed by atoms with Crippen LogP contribution in [0, 0.1) is 29.3 Å².